The highest BCUT2D eigenvalue weighted by atomic mass is 32.2. The molecule has 20 heavy (non-hydrogen) atoms. The van der Waals surface area contributed by atoms with Crippen molar-refractivity contribution in [1.82, 2.24) is 9.62 Å². The van der Waals surface area contributed by atoms with Crippen molar-refractivity contribution in [2.45, 2.75) is 39.3 Å². The minimum atomic E-state index is -3.41. The predicted molar refractivity (Wildman–Crippen MR) is 76.5 cm³/mol. The lowest BCUT2D eigenvalue weighted by Crippen LogP contribution is -2.46. The fourth-order valence-corrected chi connectivity index (χ4v) is 2.60. The summed E-state index contributed by atoms with van der Waals surface area (Å²) in [4.78, 5) is 13.9. The summed E-state index contributed by atoms with van der Waals surface area (Å²) in [5.41, 5.74) is 0. The van der Waals surface area contributed by atoms with E-state index in [0.717, 1.165) is 19.1 Å². The Morgan fingerprint density at radius 1 is 1.50 bits per heavy atom. The highest BCUT2D eigenvalue weighted by Crippen LogP contribution is 2.09. The number of sulfonamides is 1. The van der Waals surface area contributed by atoms with Crippen LogP contribution in [-0.2, 0) is 21.4 Å². The summed E-state index contributed by atoms with van der Waals surface area (Å²) in [5.74, 6) is 0.432. The first-order valence-electron chi connectivity index (χ1n) is 6.62. The van der Waals surface area contributed by atoms with Gasteiger partial charge in [0.15, 0.2) is 0 Å². The molecular formula is C13H22N2O4S. The Hall–Kier alpha value is -1.34. The van der Waals surface area contributed by atoms with Crippen molar-refractivity contribution in [3.05, 3.63) is 24.2 Å². The van der Waals surface area contributed by atoms with Gasteiger partial charge >= 0.3 is 0 Å². The van der Waals surface area contributed by atoms with Crippen LogP contribution in [0.5, 0.6) is 0 Å². The molecule has 0 aromatic carbocycles. The Kier molecular flexibility index (Phi) is 6.22. The molecule has 1 heterocycles. The monoisotopic (exact) mass is 302 g/mol. The summed E-state index contributed by atoms with van der Waals surface area (Å²) in [6.07, 6.45) is 4.41. The van der Waals surface area contributed by atoms with E-state index in [4.69, 9.17) is 4.42 Å². The molecule has 0 bridgehead atoms. The molecule has 0 fully saturated rings. The Balaban J connectivity index is 2.73. The van der Waals surface area contributed by atoms with Gasteiger partial charge in [0.05, 0.1) is 25.1 Å². The number of amides is 1. The van der Waals surface area contributed by atoms with E-state index in [1.165, 1.54) is 0 Å². The molecule has 0 radical (unpaired) electrons. The Labute approximate surface area is 120 Å². The molecule has 0 saturated heterocycles. The number of hydrogen-bond acceptors (Lipinski definition) is 4. The van der Waals surface area contributed by atoms with Gasteiger partial charge in [0.1, 0.15) is 5.76 Å². The average Bonchev–Trinajstić information content (AvgIpc) is 2.84. The van der Waals surface area contributed by atoms with Crippen LogP contribution in [0.1, 0.15) is 32.4 Å². The minimum absolute atomic E-state index is 0.250. The van der Waals surface area contributed by atoms with E-state index in [0.29, 0.717) is 18.8 Å². The molecule has 1 atom stereocenters. The Bertz CT molecular complexity index is 510. The van der Waals surface area contributed by atoms with Gasteiger partial charge in [-0.25, -0.2) is 13.1 Å². The molecule has 1 aromatic heterocycles. The van der Waals surface area contributed by atoms with Crippen LogP contribution >= 0.6 is 0 Å². The number of furan rings is 1. The van der Waals surface area contributed by atoms with Gasteiger partial charge in [-0.3, -0.25) is 4.79 Å². The molecule has 0 unspecified atom stereocenters. The molecule has 0 saturated carbocycles. The lowest BCUT2D eigenvalue weighted by atomic mass is 10.2. The number of nitrogens with one attached hydrogen (secondary N) is 1. The maximum absolute atomic E-state index is 12.3. The summed E-state index contributed by atoms with van der Waals surface area (Å²) in [6, 6.07) is 2.77. The van der Waals surface area contributed by atoms with Crippen LogP contribution in [0.15, 0.2) is 22.8 Å². The zero-order chi connectivity index (χ0) is 15.2. The largest absolute Gasteiger partial charge is 0.467 e. The fraction of sp³-hybridized carbons (Fsp3) is 0.615. The third-order valence-corrected chi connectivity index (χ3v) is 3.56. The Morgan fingerprint density at radius 3 is 2.70 bits per heavy atom. The normalized spacial score (nSPS) is 13.2. The van der Waals surface area contributed by atoms with Crippen molar-refractivity contribution in [2.24, 2.45) is 0 Å². The summed E-state index contributed by atoms with van der Waals surface area (Å²) < 4.78 is 29.9. The summed E-state index contributed by atoms with van der Waals surface area (Å²) >= 11 is 0. The first kappa shape index (κ1) is 16.7. The second-order valence-corrected chi connectivity index (χ2v) is 6.58. The van der Waals surface area contributed by atoms with Crippen molar-refractivity contribution in [2.75, 3.05) is 12.8 Å². The molecule has 7 heteroatoms. The smallest absolute Gasteiger partial charge is 0.240 e. The van der Waals surface area contributed by atoms with Crippen molar-refractivity contribution < 1.29 is 17.6 Å². The van der Waals surface area contributed by atoms with E-state index in [2.05, 4.69) is 4.72 Å². The fourth-order valence-electron chi connectivity index (χ4n) is 1.85. The molecule has 1 rings (SSSR count). The molecular weight excluding hydrogens is 280 g/mol. The van der Waals surface area contributed by atoms with Gasteiger partial charge in [-0.1, -0.05) is 13.3 Å². The number of unbranched alkanes of at least 4 members (excludes halogenated alkanes) is 1. The maximum Gasteiger partial charge on any atom is 0.240 e. The molecule has 1 N–H and O–H groups in total. The van der Waals surface area contributed by atoms with Crippen LogP contribution in [-0.4, -0.2) is 38.1 Å². The van der Waals surface area contributed by atoms with Crippen molar-refractivity contribution in [1.29, 1.82) is 0 Å². The maximum atomic E-state index is 12.3. The van der Waals surface area contributed by atoms with E-state index < -0.39 is 16.1 Å². The van der Waals surface area contributed by atoms with Crippen molar-refractivity contribution in [3.8, 4) is 0 Å². The lowest BCUT2D eigenvalue weighted by molar-refractivity contribution is -0.133. The topological polar surface area (TPSA) is 79.6 Å². The van der Waals surface area contributed by atoms with E-state index in [1.54, 1.807) is 30.2 Å². The summed E-state index contributed by atoms with van der Waals surface area (Å²) in [6.45, 7) is 4.51. The first-order chi connectivity index (χ1) is 9.33. The summed E-state index contributed by atoms with van der Waals surface area (Å²) in [5, 5.41) is 0. The van der Waals surface area contributed by atoms with Gasteiger partial charge in [0, 0.05) is 6.54 Å². The SMILES string of the molecule is CCCCN(Cc1ccco1)C(=O)[C@H](C)NS(C)(=O)=O. The number of rotatable bonds is 8. The second-order valence-electron chi connectivity index (χ2n) is 4.80. The number of carbonyl (C=O) groups is 1. The predicted octanol–water partition coefficient (Wildman–Crippen LogP) is 1.35. The van der Waals surface area contributed by atoms with Crippen LogP contribution in [0.2, 0.25) is 0 Å². The van der Waals surface area contributed by atoms with Crippen molar-refractivity contribution in [3.63, 3.8) is 0 Å². The van der Waals surface area contributed by atoms with E-state index >= 15 is 0 Å². The minimum Gasteiger partial charge on any atom is -0.467 e. The van der Waals surface area contributed by atoms with E-state index in [1.807, 2.05) is 6.92 Å². The quantitative estimate of drug-likeness (QED) is 0.786. The Morgan fingerprint density at radius 2 is 2.20 bits per heavy atom. The van der Waals surface area contributed by atoms with Crippen LogP contribution in [0.3, 0.4) is 0 Å². The highest BCUT2D eigenvalue weighted by Gasteiger charge is 2.23. The molecule has 6 nitrogen and oxygen atoms in total. The van der Waals surface area contributed by atoms with Crippen LogP contribution in [0.25, 0.3) is 0 Å². The van der Waals surface area contributed by atoms with Gasteiger partial charge in [0.25, 0.3) is 0 Å². The zero-order valence-electron chi connectivity index (χ0n) is 12.1. The first-order valence-corrected chi connectivity index (χ1v) is 8.51. The van der Waals surface area contributed by atoms with Gasteiger partial charge in [-0.05, 0) is 25.5 Å². The third-order valence-electron chi connectivity index (χ3n) is 2.78. The molecule has 114 valence electrons. The molecule has 0 spiro atoms. The van der Waals surface area contributed by atoms with Gasteiger partial charge in [0.2, 0.25) is 15.9 Å². The lowest BCUT2D eigenvalue weighted by Gasteiger charge is -2.25. The average molecular weight is 302 g/mol. The highest BCUT2D eigenvalue weighted by molar-refractivity contribution is 7.88. The van der Waals surface area contributed by atoms with Crippen LogP contribution in [0, 0.1) is 0 Å². The molecule has 0 aliphatic carbocycles. The number of carbonyl (C=O) groups excluding carboxylic acids is 1. The molecule has 0 aliphatic heterocycles. The van der Waals surface area contributed by atoms with Crippen LogP contribution < -0.4 is 4.72 Å². The molecule has 0 aliphatic rings. The van der Waals surface area contributed by atoms with Crippen LogP contribution in [0.4, 0.5) is 0 Å². The van der Waals surface area contributed by atoms with Gasteiger partial charge in [-0.15, -0.1) is 0 Å². The number of nitrogens with zero attached hydrogens (tertiary/aromatic N) is 1. The zero-order valence-corrected chi connectivity index (χ0v) is 12.9. The van der Waals surface area contributed by atoms with E-state index in [-0.39, 0.29) is 5.91 Å². The number of hydrogen-bond donors (Lipinski definition) is 1. The molecule has 1 aromatic rings. The summed E-state index contributed by atoms with van der Waals surface area (Å²) in [7, 11) is -3.41. The molecule has 1 amide bonds. The third kappa shape index (κ3) is 5.75. The van der Waals surface area contributed by atoms with E-state index in [9.17, 15) is 13.2 Å². The van der Waals surface area contributed by atoms with Crippen molar-refractivity contribution >= 4 is 15.9 Å². The standard InChI is InChI=1S/C13H22N2O4S/c1-4-5-8-15(10-12-7-6-9-19-12)13(16)11(2)14-20(3,17)18/h6-7,9,11,14H,4-5,8,10H2,1-3H3/t11-/m0/s1. The van der Waals surface area contributed by atoms with Gasteiger partial charge in [-0.2, -0.15) is 0 Å². The van der Waals surface area contributed by atoms with Gasteiger partial charge < -0.3 is 9.32 Å². The second kappa shape index (κ2) is 7.44.